The molecule has 166 valence electrons. The maximum absolute atomic E-state index is 12.8. The molecular weight excluding hydrogens is 434 g/mol. The lowest BCUT2D eigenvalue weighted by molar-refractivity contribution is -0.126. The van der Waals surface area contributed by atoms with Gasteiger partial charge in [0.2, 0.25) is 5.91 Å². The first kappa shape index (κ1) is 22.0. The van der Waals surface area contributed by atoms with Crippen molar-refractivity contribution in [3.8, 4) is 0 Å². The summed E-state index contributed by atoms with van der Waals surface area (Å²) in [5.41, 5.74) is 1.50. The highest BCUT2D eigenvalue weighted by atomic mass is 32.2. The Balaban J connectivity index is 1.35. The van der Waals surface area contributed by atoms with Gasteiger partial charge in [0.25, 0.3) is 15.9 Å². The van der Waals surface area contributed by atoms with Crippen LogP contribution in [0.15, 0.2) is 46.0 Å². The van der Waals surface area contributed by atoms with Gasteiger partial charge in [-0.15, -0.1) is 11.3 Å². The van der Waals surface area contributed by atoms with Crippen LogP contribution in [-0.4, -0.2) is 55.6 Å². The molecule has 3 heterocycles. The van der Waals surface area contributed by atoms with Crippen molar-refractivity contribution in [1.82, 2.24) is 14.5 Å². The Kier molecular flexibility index (Phi) is 6.74. The van der Waals surface area contributed by atoms with Crippen molar-refractivity contribution in [1.29, 1.82) is 0 Å². The third kappa shape index (κ3) is 4.99. The molecule has 2 fully saturated rings. The van der Waals surface area contributed by atoms with E-state index in [-0.39, 0.29) is 24.3 Å². The summed E-state index contributed by atoms with van der Waals surface area (Å²) < 4.78 is 27.3. The molecule has 0 spiro atoms. The van der Waals surface area contributed by atoms with Crippen molar-refractivity contribution in [2.75, 3.05) is 26.2 Å². The average Bonchev–Trinajstić information content (AvgIpc) is 3.52. The van der Waals surface area contributed by atoms with Gasteiger partial charge in [0.15, 0.2) is 0 Å². The van der Waals surface area contributed by atoms with E-state index in [1.54, 1.807) is 23.6 Å². The number of carbonyl (C=O) groups is 2. The number of nitrogens with zero attached hydrogens (tertiary/aromatic N) is 2. The van der Waals surface area contributed by atoms with E-state index in [9.17, 15) is 18.0 Å². The number of carbonyl (C=O) groups excluding carboxylic acids is 2. The van der Waals surface area contributed by atoms with Crippen LogP contribution in [0.3, 0.4) is 0 Å². The highest BCUT2D eigenvalue weighted by Gasteiger charge is 2.33. The highest BCUT2D eigenvalue weighted by molar-refractivity contribution is 7.91. The molecule has 4 rings (SSSR count). The van der Waals surface area contributed by atoms with E-state index in [1.807, 2.05) is 23.1 Å². The number of piperidine rings is 1. The fourth-order valence-electron chi connectivity index (χ4n) is 4.16. The summed E-state index contributed by atoms with van der Waals surface area (Å²) in [7, 11) is -3.55. The molecule has 0 saturated carbocycles. The second kappa shape index (κ2) is 9.50. The number of amides is 2. The number of benzene rings is 1. The molecule has 2 saturated heterocycles. The van der Waals surface area contributed by atoms with Gasteiger partial charge in [0.1, 0.15) is 4.21 Å². The van der Waals surface area contributed by atoms with Gasteiger partial charge in [0, 0.05) is 38.3 Å². The smallest absolute Gasteiger partial charge is 0.253 e. The van der Waals surface area contributed by atoms with Crippen molar-refractivity contribution in [2.24, 2.45) is 5.92 Å². The molecule has 0 bridgehead atoms. The standard InChI is InChI=1S/C22H27N3O4S2/c26-21(19-8-4-12-25(16-19)31(28,29)20-9-5-13-30-20)23-15-17-6-3-7-18(14-17)22(27)24-10-1-2-11-24/h3,5-7,9,13-14,19H,1-2,4,8,10-12,15-16H2,(H,23,26). The summed E-state index contributed by atoms with van der Waals surface area (Å²) in [6, 6.07) is 10.7. The molecule has 2 amide bonds. The number of nitrogens with one attached hydrogen (secondary N) is 1. The Morgan fingerprint density at radius 3 is 2.61 bits per heavy atom. The third-order valence-electron chi connectivity index (χ3n) is 5.88. The van der Waals surface area contributed by atoms with Crippen LogP contribution in [0.1, 0.15) is 41.6 Å². The monoisotopic (exact) mass is 461 g/mol. The summed E-state index contributed by atoms with van der Waals surface area (Å²) >= 11 is 1.19. The maximum Gasteiger partial charge on any atom is 0.253 e. The Labute approximate surface area is 187 Å². The van der Waals surface area contributed by atoms with Crippen molar-refractivity contribution in [3.63, 3.8) is 0 Å². The molecule has 9 heteroatoms. The van der Waals surface area contributed by atoms with Gasteiger partial charge in [0.05, 0.1) is 5.92 Å². The lowest BCUT2D eigenvalue weighted by atomic mass is 9.98. The van der Waals surface area contributed by atoms with Crippen LogP contribution >= 0.6 is 11.3 Å². The van der Waals surface area contributed by atoms with Crippen molar-refractivity contribution >= 4 is 33.2 Å². The Hall–Kier alpha value is -2.23. The quantitative estimate of drug-likeness (QED) is 0.717. The molecule has 0 radical (unpaired) electrons. The predicted molar refractivity (Wildman–Crippen MR) is 119 cm³/mol. The Morgan fingerprint density at radius 2 is 1.87 bits per heavy atom. The minimum absolute atomic E-state index is 0.0346. The van der Waals surface area contributed by atoms with Gasteiger partial charge in [-0.2, -0.15) is 4.31 Å². The van der Waals surface area contributed by atoms with Crippen molar-refractivity contribution in [2.45, 2.75) is 36.4 Å². The maximum atomic E-state index is 12.8. The summed E-state index contributed by atoms with van der Waals surface area (Å²) in [6.45, 7) is 2.54. The van der Waals surface area contributed by atoms with Crippen LogP contribution in [0.25, 0.3) is 0 Å². The zero-order valence-electron chi connectivity index (χ0n) is 17.3. The molecule has 1 atom stereocenters. The van der Waals surface area contributed by atoms with Crippen LogP contribution in [0.2, 0.25) is 0 Å². The molecule has 31 heavy (non-hydrogen) atoms. The van der Waals surface area contributed by atoms with Crippen LogP contribution < -0.4 is 5.32 Å². The normalized spacial score (nSPS) is 20.0. The fourth-order valence-corrected chi connectivity index (χ4v) is 6.83. The largest absolute Gasteiger partial charge is 0.352 e. The number of hydrogen-bond donors (Lipinski definition) is 1. The van der Waals surface area contributed by atoms with E-state index in [2.05, 4.69) is 5.32 Å². The van der Waals surface area contributed by atoms with Crippen LogP contribution in [0, 0.1) is 5.92 Å². The molecule has 2 aliphatic rings. The van der Waals surface area contributed by atoms with Crippen LogP contribution in [0.4, 0.5) is 0 Å². The minimum Gasteiger partial charge on any atom is -0.352 e. The Morgan fingerprint density at radius 1 is 1.06 bits per heavy atom. The summed E-state index contributed by atoms with van der Waals surface area (Å²) in [4.78, 5) is 27.2. The number of sulfonamides is 1. The molecule has 1 aromatic carbocycles. The molecule has 7 nitrogen and oxygen atoms in total. The highest BCUT2D eigenvalue weighted by Crippen LogP contribution is 2.26. The van der Waals surface area contributed by atoms with Gasteiger partial charge in [-0.05, 0) is 54.8 Å². The molecule has 0 aliphatic carbocycles. The lowest BCUT2D eigenvalue weighted by Gasteiger charge is -2.30. The van der Waals surface area contributed by atoms with E-state index < -0.39 is 10.0 Å². The molecular formula is C22H27N3O4S2. The van der Waals surface area contributed by atoms with Gasteiger partial charge in [-0.25, -0.2) is 8.42 Å². The summed E-state index contributed by atoms with van der Waals surface area (Å²) in [6.07, 6.45) is 3.41. The number of thiophene rings is 1. The molecule has 1 unspecified atom stereocenters. The molecule has 1 N–H and O–H groups in total. The second-order valence-corrected chi connectivity index (χ2v) is 11.2. The number of hydrogen-bond acceptors (Lipinski definition) is 5. The molecule has 2 aliphatic heterocycles. The van der Waals surface area contributed by atoms with Crippen LogP contribution in [0.5, 0.6) is 0 Å². The van der Waals surface area contributed by atoms with Gasteiger partial charge in [-0.3, -0.25) is 9.59 Å². The SMILES string of the molecule is O=C(NCc1cccc(C(=O)N2CCCC2)c1)C1CCCN(S(=O)(=O)c2cccs2)C1. The summed E-state index contributed by atoms with van der Waals surface area (Å²) in [5, 5.41) is 4.67. The van der Waals surface area contributed by atoms with Crippen LogP contribution in [-0.2, 0) is 21.4 Å². The zero-order chi connectivity index (χ0) is 21.8. The van der Waals surface area contributed by atoms with Gasteiger partial charge < -0.3 is 10.2 Å². The van der Waals surface area contributed by atoms with Crippen molar-refractivity contribution < 1.29 is 18.0 Å². The van der Waals surface area contributed by atoms with Gasteiger partial charge in [-0.1, -0.05) is 18.2 Å². The first-order chi connectivity index (χ1) is 14.9. The lowest BCUT2D eigenvalue weighted by Crippen LogP contribution is -2.45. The summed E-state index contributed by atoms with van der Waals surface area (Å²) in [5.74, 6) is -0.493. The molecule has 1 aromatic heterocycles. The number of likely N-dealkylation sites (tertiary alicyclic amines) is 1. The molecule has 2 aromatic rings. The Bertz CT molecular complexity index is 1030. The first-order valence-electron chi connectivity index (χ1n) is 10.6. The third-order valence-corrected chi connectivity index (χ3v) is 9.12. The van der Waals surface area contributed by atoms with Gasteiger partial charge >= 0.3 is 0 Å². The van der Waals surface area contributed by atoms with E-state index in [1.165, 1.54) is 15.6 Å². The van der Waals surface area contributed by atoms with E-state index in [0.717, 1.165) is 31.5 Å². The first-order valence-corrected chi connectivity index (χ1v) is 13.0. The topological polar surface area (TPSA) is 86.8 Å². The van der Waals surface area contributed by atoms with E-state index >= 15 is 0 Å². The average molecular weight is 462 g/mol. The van der Waals surface area contributed by atoms with Crippen molar-refractivity contribution in [3.05, 3.63) is 52.9 Å². The van der Waals surface area contributed by atoms with E-state index in [0.29, 0.717) is 35.7 Å². The fraction of sp³-hybridized carbons (Fsp3) is 0.455. The zero-order valence-corrected chi connectivity index (χ0v) is 19.0. The second-order valence-electron chi connectivity index (χ2n) is 8.05. The van der Waals surface area contributed by atoms with E-state index in [4.69, 9.17) is 0 Å². The number of rotatable bonds is 6. The predicted octanol–water partition coefficient (Wildman–Crippen LogP) is 2.70. The minimum atomic E-state index is -3.55.